The summed E-state index contributed by atoms with van der Waals surface area (Å²) in [7, 11) is 0. The summed E-state index contributed by atoms with van der Waals surface area (Å²) < 4.78 is 5.08. The maximum Gasteiger partial charge on any atom is 0.305 e. The number of rotatable bonds is 2. The molecule has 0 radical (unpaired) electrons. The van der Waals surface area contributed by atoms with Gasteiger partial charge in [0.15, 0.2) is 0 Å². The minimum absolute atomic E-state index is 0. The van der Waals surface area contributed by atoms with Crippen molar-refractivity contribution in [2.45, 2.75) is 25.4 Å². The average molecular weight is 148 g/mol. The molecule has 4 heteroatoms. The Balaban J connectivity index is 0.000000810. The lowest BCUT2D eigenvalue weighted by Gasteiger charge is -2.02. The molecule has 4 nitrogen and oxygen atoms in total. The molecular formula is C6H12O4. The number of hydrogen-bond donors (Lipinski definition) is 1. The van der Waals surface area contributed by atoms with Crippen LogP contribution < -0.4 is 0 Å². The molecule has 1 fully saturated rings. The molecule has 3 N–H and O–H groups in total. The summed E-state index contributed by atoms with van der Waals surface area (Å²) in [6.45, 7) is 0.734. The number of carboxylic acid groups (broad SMARTS) is 1. The van der Waals surface area contributed by atoms with Gasteiger partial charge in [0.25, 0.3) is 0 Å². The Hall–Kier alpha value is -0.610. The number of ether oxygens (including phenoxy) is 1. The van der Waals surface area contributed by atoms with E-state index in [9.17, 15) is 4.79 Å². The third kappa shape index (κ3) is 2.80. The molecule has 0 aliphatic carbocycles. The van der Waals surface area contributed by atoms with E-state index in [1.165, 1.54) is 0 Å². The maximum atomic E-state index is 10.1. The van der Waals surface area contributed by atoms with Gasteiger partial charge in [0.2, 0.25) is 0 Å². The first-order valence-corrected chi connectivity index (χ1v) is 3.12. The molecule has 1 rings (SSSR count). The summed E-state index contributed by atoms with van der Waals surface area (Å²) in [5.74, 6) is -0.762. The van der Waals surface area contributed by atoms with Crippen LogP contribution in [0, 0.1) is 0 Å². The van der Waals surface area contributed by atoms with Crippen LogP contribution in [0.1, 0.15) is 19.3 Å². The van der Waals surface area contributed by atoms with Gasteiger partial charge in [-0.2, -0.15) is 0 Å². The first-order valence-electron chi connectivity index (χ1n) is 3.12. The van der Waals surface area contributed by atoms with E-state index in [4.69, 9.17) is 9.84 Å². The molecule has 0 saturated carbocycles. The normalized spacial score (nSPS) is 23.8. The molecule has 0 spiro atoms. The van der Waals surface area contributed by atoms with Gasteiger partial charge in [0.05, 0.1) is 12.5 Å². The monoisotopic (exact) mass is 148 g/mol. The second kappa shape index (κ2) is 4.24. The van der Waals surface area contributed by atoms with Gasteiger partial charge in [0, 0.05) is 6.61 Å². The summed E-state index contributed by atoms with van der Waals surface area (Å²) in [6.07, 6.45) is 2.08. The second-order valence-electron chi connectivity index (χ2n) is 2.23. The van der Waals surface area contributed by atoms with Gasteiger partial charge in [-0.05, 0) is 12.8 Å². The van der Waals surface area contributed by atoms with Crippen molar-refractivity contribution in [3.63, 3.8) is 0 Å². The third-order valence-electron chi connectivity index (χ3n) is 1.43. The van der Waals surface area contributed by atoms with Crippen LogP contribution >= 0.6 is 0 Å². The van der Waals surface area contributed by atoms with Crippen LogP contribution in [0.5, 0.6) is 0 Å². The average Bonchev–Trinajstić information content (AvgIpc) is 2.15. The number of carbonyl (C=O) groups is 1. The zero-order valence-corrected chi connectivity index (χ0v) is 5.67. The van der Waals surface area contributed by atoms with Gasteiger partial charge in [-0.15, -0.1) is 0 Å². The van der Waals surface area contributed by atoms with Crippen molar-refractivity contribution in [2.75, 3.05) is 6.61 Å². The fraction of sp³-hybridized carbons (Fsp3) is 0.833. The highest BCUT2D eigenvalue weighted by Gasteiger charge is 2.17. The Bertz CT molecular complexity index is 106. The summed E-state index contributed by atoms with van der Waals surface area (Å²) >= 11 is 0. The molecule has 1 saturated heterocycles. The molecule has 0 amide bonds. The van der Waals surface area contributed by atoms with E-state index in [1.54, 1.807) is 0 Å². The highest BCUT2D eigenvalue weighted by Crippen LogP contribution is 2.14. The molecule has 1 aliphatic rings. The molecule has 0 aromatic carbocycles. The van der Waals surface area contributed by atoms with Crippen LogP contribution in [0.25, 0.3) is 0 Å². The quantitative estimate of drug-likeness (QED) is 0.589. The SMILES string of the molecule is O.O=C(O)CC1CCCO1. The Labute approximate surface area is 59.1 Å². The Morgan fingerprint density at radius 1 is 1.70 bits per heavy atom. The van der Waals surface area contributed by atoms with E-state index in [-0.39, 0.29) is 18.0 Å². The lowest BCUT2D eigenvalue weighted by atomic mass is 10.2. The largest absolute Gasteiger partial charge is 0.481 e. The summed E-state index contributed by atoms with van der Waals surface area (Å²) in [6, 6.07) is 0. The van der Waals surface area contributed by atoms with E-state index in [0.717, 1.165) is 19.4 Å². The van der Waals surface area contributed by atoms with Crippen molar-refractivity contribution in [3.05, 3.63) is 0 Å². The van der Waals surface area contributed by atoms with E-state index < -0.39 is 5.97 Å². The first kappa shape index (κ1) is 9.39. The fourth-order valence-electron chi connectivity index (χ4n) is 1.00. The van der Waals surface area contributed by atoms with Crippen molar-refractivity contribution in [1.82, 2.24) is 0 Å². The Kier molecular flexibility index (Phi) is 3.99. The highest BCUT2D eigenvalue weighted by atomic mass is 16.5. The molecule has 1 unspecified atom stereocenters. The topological polar surface area (TPSA) is 78.0 Å². The Morgan fingerprint density at radius 3 is 2.80 bits per heavy atom. The molecule has 1 aliphatic heterocycles. The zero-order chi connectivity index (χ0) is 6.69. The number of hydrogen-bond acceptors (Lipinski definition) is 2. The van der Waals surface area contributed by atoms with Gasteiger partial charge in [-0.3, -0.25) is 4.79 Å². The van der Waals surface area contributed by atoms with Crippen LogP contribution in [0.2, 0.25) is 0 Å². The number of carboxylic acids is 1. The standard InChI is InChI=1S/C6H10O3.H2O/c7-6(8)4-5-2-1-3-9-5;/h5H,1-4H2,(H,7,8);1H2. The Morgan fingerprint density at radius 2 is 2.40 bits per heavy atom. The van der Waals surface area contributed by atoms with Crippen LogP contribution in [0.15, 0.2) is 0 Å². The first-order chi connectivity index (χ1) is 4.29. The fourth-order valence-corrected chi connectivity index (χ4v) is 1.00. The lowest BCUT2D eigenvalue weighted by molar-refractivity contribution is -0.139. The van der Waals surface area contributed by atoms with E-state index in [2.05, 4.69) is 0 Å². The summed E-state index contributed by atoms with van der Waals surface area (Å²) in [5, 5.41) is 8.29. The molecular weight excluding hydrogens is 136 g/mol. The van der Waals surface area contributed by atoms with Gasteiger partial charge in [-0.25, -0.2) is 0 Å². The van der Waals surface area contributed by atoms with Crippen molar-refractivity contribution in [1.29, 1.82) is 0 Å². The lowest BCUT2D eigenvalue weighted by Crippen LogP contribution is -2.10. The van der Waals surface area contributed by atoms with E-state index in [1.807, 2.05) is 0 Å². The van der Waals surface area contributed by atoms with Crippen LogP contribution in [-0.2, 0) is 9.53 Å². The number of aliphatic carboxylic acids is 1. The van der Waals surface area contributed by atoms with Gasteiger partial charge >= 0.3 is 5.97 Å². The van der Waals surface area contributed by atoms with E-state index >= 15 is 0 Å². The van der Waals surface area contributed by atoms with Crippen LogP contribution in [0.3, 0.4) is 0 Å². The maximum absolute atomic E-state index is 10.1. The van der Waals surface area contributed by atoms with Crippen LogP contribution in [-0.4, -0.2) is 29.3 Å². The van der Waals surface area contributed by atoms with Crippen LogP contribution in [0.4, 0.5) is 0 Å². The van der Waals surface area contributed by atoms with Gasteiger partial charge < -0.3 is 15.3 Å². The minimum Gasteiger partial charge on any atom is -0.481 e. The van der Waals surface area contributed by atoms with E-state index in [0.29, 0.717) is 0 Å². The third-order valence-corrected chi connectivity index (χ3v) is 1.43. The highest BCUT2D eigenvalue weighted by molar-refractivity contribution is 5.67. The summed E-state index contributed by atoms with van der Waals surface area (Å²) in [4.78, 5) is 10.1. The van der Waals surface area contributed by atoms with Crippen molar-refractivity contribution < 1.29 is 20.1 Å². The molecule has 1 heterocycles. The molecule has 60 valence electrons. The predicted octanol–water partition coefficient (Wildman–Crippen LogP) is -0.185. The van der Waals surface area contributed by atoms with Crippen molar-refractivity contribution in [3.8, 4) is 0 Å². The smallest absolute Gasteiger partial charge is 0.305 e. The van der Waals surface area contributed by atoms with Crippen molar-refractivity contribution in [2.24, 2.45) is 0 Å². The predicted molar refractivity (Wildman–Crippen MR) is 34.8 cm³/mol. The zero-order valence-electron chi connectivity index (χ0n) is 5.67. The molecule has 1 atom stereocenters. The molecule has 0 bridgehead atoms. The second-order valence-corrected chi connectivity index (χ2v) is 2.23. The molecule has 10 heavy (non-hydrogen) atoms. The molecule has 0 aromatic rings. The summed E-state index contributed by atoms with van der Waals surface area (Å²) in [5.41, 5.74) is 0. The minimum atomic E-state index is -0.762. The molecule has 0 aromatic heterocycles. The van der Waals surface area contributed by atoms with Crippen molar-refractivity contribution >= 4 is 5.97 Å². The van der Waals surface area contributed by atoms with Gasteiger partial charge in [-0.1, -0.05) is 0 Å². The van der Waals surface area contributed by atoms with Gasteiger partial charge in [0.1, 0.15) is 0 Å².